The van der Waals surface area contributed by atoms with E-state index in [0.717, 1.165) is 6.08 Å². The predicted molar refractivity (Wildman–Crippen MR) is 53.0 cm³/mol. The zero-order valence-corrected chi connectivity index (χ0v) is 7.68. The van der Waals surface area contributed by atoms with Crippen LogP contribution in [0.15, 0.2) is 36.9 Å². The molecular weight excluding hydrogens is 180 g/mol. The van der Waals surface area contributed by atoms with Gasteiger partial charge in [-0.05, 0) is 17.7 Å². The number of carbonyl (C=O) groups excluding carboxylic acids is 1. The van der Waals surface area contributed by atoms with Crippen molar-refractivity contribution in [2.45, 2.75) is 12.5 Å². The molecule has 3 heteroatoms. The van der Waals surface area contributed by atoms with Gasteiger partial charge in [0, 0.05) is 6.42 Å². The second kappa shape index (κ2) is 4.58. The second-order valence-electron chi connectivity index (χ2n) is 2.96. The van der Waals surface area contributed by atoms with E-state index >= 15 is 0 Å². The summed E-state index contributed by atoms with van der Waals surface area (Å²) in [7, 11) is 0. The highest BCUT2D eigenvalue weighted by Gasteiger charge is 2.13. The fourth-order valence-corrected chi connectivity index (χ4v) is 1.13. The van der Waals surface area contributed by atoms with Crippen LogP contribution < -0.4 is 0 Å². The van der Waals surface area contributed by atoms with Gasteiger partial charge in [-0.3, -0.25) is 4.79 Å². The largest absolute Gasteiger partial charge is 0.508 e. The van der Waals surface area contributed by atoms with Gasteiger partial charge in [0.15, 0.2) is 5.78 Å². The Balaban J connectivity index is 2.74. The number of hydrogen-bond acceptors (Lipinski definition) is 3. The number of aliphatic hydroxyl groups excluding tert-OH is 1. The van der Waals surface area contributed by atoms with E-state index in [0.29, 0.717) is 5.56 Å². The van der Waals surface area contributed by atoms with Gasteiger partial charge < -0.3 is 10.2 Å². The lowest BCUT2D eigenvalue weighted by atomic mass is 10.0. The monoisotopic (exact) mass is 192 g/mol. The minimum Gasteiger partial charge on any atom is -0.508 e. The highest BCUT2D eigenvalue weighted by Crippen LogP contribution is 2.17. The molecule has 0 aliphatic carbocycles. The molecule has 14 heavy (non-hydrogen) atoms. The third-order valence-electron chi connectivity index (χ3n) is 1.93. The molecule has 0 heterocycles. The summed E-state index contributed by atoms with van der Waals surface area (Å²) in [4.78, 5) is 11.0. The fourth-order valence-electron chi connectivity index (χ4n) is 1.13. The Hall–Kier alpha value is -1.61. The Labute approximate surface area is 82.3 Å². The summed E-state index contributed by atoms with van der Waals surface area (Å²) in [6.45, 7) is 3.27. The van der Waals surface area contributed by atoms with Gasteiger partial charge in [0.2, 0.25) is 0 Å². The van der Waals surface area contributed by atoms with Crippen LogP contribution in [0.3, 0.4) is 0 Å². The van der Waals surface area contributed by atoms with Crippen molar-refractivity contribution in [3.63, 3.8) is 0 Å². The maximum absolute atomic E-state index is 11.0. The van der Waals surface area contributed by atoms with E-state index in [1.54, 1.807) is 18.2 Å². The number of aromatic hydroxyl groups is 1. The van der Waals surface area contributed by atoms with Crippen LogP contribution in [-0.4, -0.2) is 22.1 Å². The molecule has 3 nitrogen and oxygen atoms in total. The lowest BCUT2D eigenvalue weighted by molar-refractivity contribution is -0.122. The van der Waals surface area contributed by atoms with E-state index in [1.165, 1.54) is 6.07 Å². The van der Waals surface area contributed by atoms with Gasteiger partial charge >= 0.3 is 0 Å². The van der Waals surface area contributed by atoms with Crippen molar-refractivity contribution >= 4 is 5.78 Å². The molecule has 0 aromatic heterocycles. The highest BCUT2D eigenvalue weighted by atomic mass is 16.3. The Morgan fingerprint density at radius 3 is 2.71 bits per heavy atom. The molecule has 0 saturated carbocycles. The molecule has 74 valence electrons. The third-order valence-corrected chi connectivity index (χ3v) is 1.93. The molecule has 0 spiro atoms. The Morgan fingerprint density at radius 2 is 2.14 bits per heavy atom. The van der Waals surface area contributed by atoms with Crippen LogP contribution in [-0.2, 0) is 11.2 Å². The normalized spacial score (nSPS) is 12.1. The zero-order valence-electron chi connectivity index (χ0n) is 7.68. The molecular formula is C11H12O3. The summed E-state index contributed by atoms with van der Waals surface area (Å²) in [6, 6.07) is 6.59. The molecule has 0 aliphatic heterocycles. The second-order valence-corrected chi connectivity index (χ2v) is 2.96. The maximum atomic E-state index is 11.0. The molecule has 1 unspecified atom stereocenters. The average molecular weight is 192 g/mol. The van der Waals surface area contributed by atoms with Crippen molar-refractivity contribution in [1.82, 2.24) is 0 Å². The van der Waals surface area contributed by atoms with Crippen LogP contribution in [0.2, 0.25) is 0 Å². The Kier molecular flexibility index (Phi) is 3.42. The first-order chi connectivity index (χ1) is 6.65. The van der Waals surface area contributed by atoms with E-state index < -0.39 is 11.9 Å². The van der Waals surface area contributed by atoms with Crippen LogP contribution in [0.4, 0.5) is 0 Å². The first-order valence-electron chi connectivity index (χ1n) is 4.26. The highest BCUT2D eigenvalue weighted by molar-refractivity contribution is 5.93. The molecule has 0 saturated heterocycles. The minimum atomic E-state index is -1.12. The number of hydrogen-bond donors (Lipinski definition) is 2. The van der Waals surface area contributed by atoms with Crippen molar-refractivity contribution in [3.05, 3.63) is 42.5 Å². The lowest BCUT2D eigenvalue weighted by Crippen LogP contribution is -2.20. The van der Waals surface area contributed by atoms with Crippen molar-refractivity contribution in [2.24, 2.45) is 0 Å². The van der Waals surface area contributed by atoms with Gasteiger partial charge in [0.1, 0.15) is 11.9 Å². The van der Waals surface area contributed by atoms with E-state index in [9.17, 15) is 15.0 Å². The van der Waals surface area contributed by atoms with E-state index in [4.69, 9.17) is 0 Å². The Bertz CT molecular complexity index is 344. The number of rotatable bonds is 4. The quantitative estimate of drug-likeness (QED) is 0.701. The van der Waals surface area contributed by atoms with Crippen LogP contribution in [0.5, 0.6) is 5.75 Å². The van der Waals surface area contributed by atoms with Crippen molar-refractivity contribution in [1.29, 1.82) is 0 Å². The van der Waals surface area contributed by atoms with Crippen LogP contribution in [0.1, 0.15) is 5.56 Å². The summed E-state index contributed by atoms with van der Waals surface area (Å²) in [5.41, 5.74) is 0.551. The van der Waals surface area contributed by atoms with Gasteiger partial charge in [-0.1, -0.05) is 24.8 Å². The maximum Gasteiger partial charge on any atom is 0.183 e. The van der Waals surface area contributed by atoms with Crippen molar-refractivity contribution in [3.8, 4) is 5.75 Å². The number of carbonyl (C=O) groups is 1. The number of benzene rings is 1. The van der Waals surface area contributed by atoms with Gasteiger partial charge in [-0.15, -0.1) is 0 Å². The SMILES string of the molecule is C=CC(=O)C(O)Cc1ccccc1O. The average Bonchev–Trinajstić information content (AvgIpc) is 2.20. The third kappa shape index (κ3) is 2.44. The molecule has 0 fully saturated rings. The first kappa shape index (κ1) is 10.5. The molecule has 1 aromatic carbocycles. The lowest BCUT2D eigenvalue weighted by Gasteiger charge is -2.07. The molecule has 1 atom stereocenters. The number of ketones is 1. The molecule has 0 amide bonds. The van der Waals surface area contributed by atoms with Crippen molar-refractivity contribution in [2.75, 3.05) is 0 Å². The summed E-state index contributed by atoms with van der Waals surface area (Å²) in [6.07, 6.45) is 0.0585. The number of para-hydroxylation sites is 1. The minimum absolute atomic E-state index is 0.0865. The summed E-state index contributed by atoms with van der Waals surface area (Å²) in [5, 5.41) is 18.7. The van der Waals surface area contributed by atoms with E-state index in [2.05, 4.69) is 6.58 Å². The summed E-state index contributed by atoms with van der Waals surface area (Å²) < 4.78 is 0. The van der Waals surface area contributed by atoms with Gasteiger partial charge in [-0.2, -0.15) is 0 Å². The van der Waals surface area contributed by atoms with Gasteiger partial charge in [-0.25, -0.2) is 0 Å². The van der Waals surface area contributed by atoms with Crippen molar-refractivity contribution < 1.29 is 15.0 Å². The molecule has 0 bridgehead atoms. The number of phenols is 1. The standard InChI is InChI=1S/C11H12O3/c1-2-9(12)11(14)7-8-5-3-4-6-10(8)13/h2-6,11,13-14H,1,7H2. The molecule has 0 aliphatic rings. The molecule has 2 N–H and O–H groups in total. The molecule has 0 radical (unpaired) electrons. The van der Waals surface area contributed by atoms with Gasteiger partial charge in [0.05, 0.1) is 0 Å². The zero-order chi connectivity index (χ0) is 10.6. The topological polar surface area (TPSA) is 57.5 Å². The summed E-state index contributed by atoms with van der Waals surface area (Å²) >= 11 is 0. The smallest absolute Gasteiger partial charge is 0.183 e. The summed E-state index contributed by atoms with van der Waals surface area (Å²) in [5.74, 6) is -0.350. The fraction of sp³-hybridized carbons (Fsp3) is 0.182. The number of phenolic OH excluding ortho intramolecular Hbond substituents is 1. The van der Waals surface area contributed by atoms with Crippen LogP contribution in [0, 0.1) is 0 Å². The predicted octanol–water partition coefficient (Wildman–Crippen LogP) is 1.05. The first-order valence-corrected chi connectivity index (χ1v) is 4.26. The van der Waals surface area contributed by atoms with Crippen LogP contribution >= 0.6 is 0 Å². The van der Waals surface area contributed by atoms with E-state index in [-0.39, 0.29) is 12.2 Å². The van der Waals surface area contributed by atoms with Gasteiger partial charge in [0.25, 0.3) is 0 Å². The number of aliphatic hydroxyl groups is 1. The molecule has 1 rings (SSSR count). The molecule has 1 aromatic rings. The van der Waals surface area contributed by atoms with E-state index in [1.807, 2.05) is 0 Å². The van der Waals surface area contributed by atoms with Crippen LogP contribution in [0.25, 0.3) is 0 Å². The Morgan fingerprint density at radius 1 is 1.50 bits per heavy atom.